The predicted octanol–water partition coefficient (Wildman–Crippen LogP) is 4.75. The Balaban J connectivity index is 1.63. The van der Waals surface area contributed by atoms with Crippen LogP contribution in [0.25, 0.3) is 16.8 Å². The van der Waals surface area contributed by atoms with Gasteiger partial charge in [0.05, 0.1) is 7.11 Å². The van der Waals surface area contributed by atoms with Crippen LogP contribution in [0.2, 0.25) is 5.15 Å². The van der Waals surface area contributed by atoms with Crippen LogP contribution in [-0.4, -0.2) is 26.9 Å². The third-order valence-corrected chi connectivity index (χ3v) is 5.20. The van der Waals surface area contributed by atoms with Gasteiger partial charge in [-0.15, -0.1) is 10.2 Å². The average molecular weight is 383 g/mol. The molecule has 2 heterocycles. The second-order valence-corrected chi connectivity index (χ2v) is 6.90. The first-order valence-electron chi connectivity index (χ1n) is 7.98. The highest BCUT2D eigenvalue weighted by Crippen LogP contribution is 2.30. The summed E-state index contributed by atoms with van der Waals surface area (Å²) in [6, 6.07) is 19.8. The van der Waals surface area contributed by atoms with E-state index in [1.54, 1.807) is 23.4 Å². The number of hydrogen-bond donors (Lipinski definition) is 0. The summed E-state index contributed by atoms with van der Waals surface area (Å²) in [5.41, 5.74) is 3.65. The van der Waals surface area contributed by atoms with Gasteiger partial charge in [0.15, 0.2) is 10.8 Å². The minimum absolute atomic E-state index is 0.407. The summed E-state index contributed by atoms with van der Waals surface area (Å²) >= 11 is 8.01. The van der Waals surface area contributed by atoms with Crippen LogP contribution in [0.1, 0.15) is 5.56 Å². The summed E-state index contributed by atoms with van der Waals surface area (Å²) < 4.78 is 6.88. The summed E-state index contributed by atoms with van der Waals surface area (Å²) in [6.45, 7) is 0. The first kappa shape index (κ1) is 16.9. The van der Waals surface area contributed by atoms with Gasteiger partial charge < -0.3 is 4.74 Å². The Morgan fingerprint density at radius 3 is 2.54 bits per heavy atom. The molecule has 2 aromatic carbocycles. The van der Waals surface area contributed by atoms with E-state index in [0.29, 0.717) is 16.0 Å². The van der Waals surface area contributed by atoms with Crippen molar-refractivity contribution in [1.29, 1.82) is 0 Å². The summed E-state index contributed by atoms with van der Waals surface area (Å²) in [5, 5.41) is 14.1. The lowest BCUT2D eigenvalue weighted by atomic mass is 10.1. The van der Waals surface area contributed by atoms with Crippen molar-refractivity contribution < 1.29 is 4.74 Å². The maximum Gasteiger partial charge on any atom is 0.212 e. The molecular formula is C19H15ClN4OS. The molecule has 0 spiro atoms. The highest BCUT2D eigenvalue weighted by atomic mass is 35.5. The van der Waals surface area contributed by atoms with E-state index >= 15 is 0 Å². The molecule has 0 N–H and O–H groups in total. The fraction of sp³-hybridized carbons (Fsp3) is 0.105. The van der Waals surface area contributed by atoms with E-state index in [0.717, 1.165) is 22.6 Å². The van der Waals surface area contributed by atoms with Crippen LogP contribution in [0.5, 0.6) is 5.75 Å². The van der Waals surface area contributed by atoms with E-state index in [4.69, 9.17) is 16.3 Å². The van der Waals surface area contributed by atoms with Crippen LogP contribution in [-0.2, 0) is 5.75 Å². The zero-order chi connectivity index (χ0) is 17.9. The normalized spacial score (nSPS) is 11.0. The van der Waals surface area contributed by atoms with Crippen molar-refractivity contribution in [2.24, 2.45) is 0 Å². The number of hydrogen-bond acceptors (Lipinski definition) is 5. The minimum Gasteiger partial charge on any atom is -0.497 e. The van der Waals surface area contributed by atoms with Gasteiger partial charge in [-0.05, 0) is 29.3 Å². The van der Waals surface area contributed by atoms with Gasteiger partial charge >= 0.3 is 0 Å². The van der Waals surface area contributed by atoms with E-state index in [1.165, 1.54) is 5.56 Å². The van der Waals surface area contributed by atoms with Crippen molar-refractivity contribution in [3.8, 4) is 16.9 Å². The molecule has 7 heteroatoms. The molecule has 0 saturated carbocycles. The van der Waals surface area contributed by atoms with Gasteiger partial charge in [0.25, 0.3) is 0 Å². The fourth-order valence-electron chi connectivity index (χ4n) is 2.58. The van der Waals surface area contributed by atoms with Crippen LogP contribution in [0.15, 0.2) is 65.8 Å². The topological polar surface area (TPSA) is 52.3 Å². The molecule has 0 atom stereocenters. The number of benzene rings is 2. The number of thioether (sulfide) groups is 1. The molecule has 0 aliphatic carbocycles. The Bertz CT molecular complexity index is 1030. The van der Waals surface area contributed by atoms with E-state index in [9.17, 15) is 0 Å². The standard InChI is InChI=1S/C19H15ClN4OS/c1-25-15-9-7-14(8-10-15)16-11-17-21-22-19(24(17)23-18(16)20)26-12-13-5-3-2-4-6-13/h2-11H,12H2,1H3. The molecule has 0 aliphatic heterocycles. The first-order valence-corrected chi connectivity index (χ1v) is 9.34. The second kappa shape index (κ2) is 7.35. The summed E-state index contributed by atoms with van der Waals surface area (Å²) in [4.78, 5) is 0. The molecule has 0 saturated heterocycles. The number of methoxy groups -OCH3 is 1. The molecule has 0 bridgehead atoms. The van der Waals surface area contributed by atoms with Crippen molar-refractivity contribution in [2.45, 2.75) is 10.9 Å². The Labute approximate surface area is 160 Å². The van der Waals surface area contributed by atoms with Crippen molar-refractivity contribution in [1.82, 2.24) is 19.8 Å². The van der Waals surface area contributed by atoms with Crippen molar-refractivity contribution in [3.05, 3.63) is 71.4 Å². The number of nitrogens with zero attached hydrogens (tertiary/aromatic N) is 4. The smallest absolute Gasteiger partial charge is 0.212 e. The Morgan fingerprint density at radius 2 is 1.81 bits per heavy atom. The third-order valence-electron chi connectivity index (χ3n) is 3.93. The third kappa shape index (κ3) is 3.38. The number of halogens is 1. The van der Waals surface area contributed by atoms with Crippen molar-refractivity contribution >= 4 is 29.0 Å². The molecule has 26 heavy (non-hydrogen) atoms. The van der Waals surface area contributed by atoms with Gasteiger partial charge in [-0.2, -0.15) is 9.61 Å². The molecule has 130 valence electrons. The van der Waals surface area contributed by atoms with Crippen molar-refractivity contribution in [2.75, 3.05) is 7.11 Å². The van der Waals surface area contributed by atoms with Crippen LogP contribution >= 0.6 is 23.4 Å². The molecule has 0 fully saturated rings. The number of rotatable bonds is 5. The van der Waals surface area contributed by atoms with Crippen LogP contribution < -0.4 is 4.74 Å². The van der Waals surface area contributed by atoms with Crippen molar-refractivity contribution in [3.63, 3.8) is 0 Å². The second-order valence-electron chi connectivity index (χ2n) is 5.60. The summed E-state index contributed by atoms with van der Waals surface area (Å²) in [6.07, 6.45) is 0. The molecule has 0 radical (unpaired) electrons. The molecule has 0 amide bonds. The zero-order valence-electron chi connectivity index (χ0n) is 14.0. The molecule has 4 aromatic rings. The van der Waals surface area contributed by atoms with Gasteiger partial charge in [-0.3, -0.25) is 0 Å². The lowest BCUT2D eigenvalue weighted by Gasteiger charge is -2.06. The lowest BCUT2D eigenvalue weighted by molar-refractivity contribution is 0.415. The quantitative estimate of drug-likeness (QED) is 0.466. The van der Waals surface area contributed by atoms with Gasteiger partial charge in [-0.25, -0.2) is 0 Å². The van der Waals surface area contributed by atoms with Gasteiger partial charge in [0.1, 0.15) is 5.75 Å². The van der Waals surface area contributed by atoms with E-state index in [1.807, 2.05) is 48.5 Å². The van der Waals surface area contributed by atoms with Gasteiger partial charge in [0, 0.05) is 11.3 Å². The SMILES string of the molecule is COc1ccc(-c2cc3nnc(SCc4ccccc4)n3nc2Cl)cc1. The largest absolute Gasteiger partial charge is 0.497 e. The number of ether oxygens (including phenoxy) is 1. The Kier molecular flexibility index (Phi) is 4.77. The van der Waals surface area contributed by atoms with E-state index < -0.39 is 0 Å². The van der Waals surface area contributed by atoms with Crippen LogP contribution in [0.4, 0.5) is 0 Å². The monoisotopic (exact) mass is 382 g/mol. The number of fused-ring (bicyclic) bond motifs is 1. The highest BCUT2D eigenvalue weighted by molar-refractivity contribution is 7.98. The first-order chi connectivity index (χ1) is 12.7. The Hall–Kier alpha value is -2.57. The maximum atomic E-state index is 6.43. The average Bonchev–Trinajstić information content (AvgIpc) is 3.08. The highest BCUT2D eigenvalue weighted by Gasteiger charge is 2.13. The van der Waals surface area contributed by atoms with E-state index in [2.05, 4.69) is 27.4 Å². The lowest BCUT2D eigenvalue weighted by Crippen LogP contribution is -1.97. The van der Waals surface area contributed by atoms with Gasteiger partial charge in [-0.1, -0.05) is 65.8 Å². The molecule has 2 aromatic heterocycles. The van der Waals surface area contributed by atoms with Gasteiger partial charge in [0.2, 0.25) is 5.16 Å². The van der Waals surface area contributed by atoms with E-state index in [-0.39, 0.29) is 0 Å². The fourth-order valence-corrected chi connectivity index (χ4v) is 3.66. The zero-order valence-corrected chi connectivity index (χ0v) is 15.5. The van der Waals surface area contributed by atoms with Crippen LogP contribution in [0, 0.1) is 0 Å². The molecule has 0 unspecified atom stereocenters. The maximum absolute atomic E-state index is 6.43. The number of aromatic nitrogens is 4. The summed E-state index contributed by atoms with van der Waals surface area (Å²) in [7, 11) is 1.64. The molecular weight excluding hydrogens is 368 g/mol. The summed E-state index contributed by atoms with van der Waals surface area (Å²) in [5.74, 6) is 1.59. The molecule has 5 nitrogen and oxygen atoms in total. The predicted molar refractivity (Wildman–Crippen MR) is 104 cm³/mol. The molecule has 0 aliphatic rings. The molecule has 4 rings (SSSR count). The van der Waals surface area contributed by atoms with Crippen LogP contribution in [0.3, 0.4) is 0 Å². The minimum atomic E-state index is 0.407. The Morgan fingerprint density at radius 1 is 1.04 bits per heavy atom.